The predicted molar refractivity (Wildman–Crippen MR) is 70.0 cm³/mol. The van der Waals surface area contributed by atoms with Gasteiger partial charge in [0.15, 0.2) is 0 Å². The summed E-state index contributed by atoms with van der Waals surface area (Å²) in [7, 11) is 0. The van der Waals surface area contributed by atoms with Crippen LogP contribution in [0.25, 0.3) is 0 Å². The lowest BCUT2D eigenvalue weighted by Crippen LogP contribution is -2.27. The number of ether oxygens (including phenoxy) is 1. The van der Waals surface area contributed by atoms with E-state index in [-0.39, 0.29) is 6.10 Å². The monoisotopic (exact) mass is 252 g/mol. The van der Waals surface area contributed by atoms with E-state index >= 15 is 0 Å². The van der Waals surface area contributed by atoms with Gasteiger partial charge < -0.3 is 4.74 Å². The third kappa shape index (κ3) is 4.73. The van der Waals surface area contributed by atoms with Crippen LogP contribution in [0.5, 0.6) is 0 Å². The molecule has 0 heterocycles. The summed E-state index contributed by atoms with van der Waals surface area (Å²) in [6.45, 7) is 7.26. The fourth-order valence-corrected chi connectivity index (χ4v) is 1.37. The van der Waals surface area contributed by atoms with Gasteiger partial charge >= 0.3 is 6.09 Å². The Kier molecular flexibility index (Phi) is 4.69. The largest absolute Gasteiger partial charge is 0.444 e. The van der Waals surface area contributed by atoms with Crippen molar-refractivity contribution < 1.29 is 14.4 Å². The first-order chi connectivity index (χ1) is 8.31. The normalized spacial score (nSPS) is 12.9. The molecule has 0 spiro atoms. The van der Waals surface area contributed by atoms with E-state index in [2.05, 4.69) is 5.32 Å². The van der Waals surface area contributed by atoms with Crippen LogP contribution in [0.15, 0.2) is 24.3 Å². The summed E-state index contributed by atoms with van der Waals surface area (Å²) in [6.07, 6.45) is -0.716. The second kappa shape index (κ2) is 5.84. The number of hydrogen-bond donors (Lipinski definition) is 2. The number of carbonyl (C=O) groups excluding carboxylic acids is 1. The Morgan fingerprint density at radius 2 is 2.06 bits per heavy atom. The molecule has 5 nitrogen and oxygen atoms in total. The summed E-state index contributed by atoms with van der Waals surface area (Å²) >= 11 is 0. The molecule has 0 aliphatic rings. The van der Waals surface area contributed by atoms with Crippen molar-refractivity contribution in [3.05, 3.63) is 29.8 Å². The molecule has 0 bridgehead atoms. The zero-order valence-corrected chi connectivity index (χ0v) is 11.2. The molecule has 0 fully saturated rings. The molecule has 1 aromatic rings. The van der Waals surface area contributed by atoms with Gasteiger partial charge in [0.05, 0.1) is 0 Å². The third-order valence-electron chi connectivity index (χ3n) is 2.21. The summed E-state index contributed by atoms with van der Waals surface area (Å²) < 4.78 is 5.16. The van der Waals surface area contributed by atoms with Gasteiger partial charge in [0.2, 0.25) is 0 Å². The molecule has 3 N–H and O–H groups in total. The second-order valence-corrected chi connectivity index (χ2v) is 5.03. The van der Waals surface area contributed by atoms with Crippen molar-refractivity contribution in [1.82, 2.24) is 0 Å². The van der Waals surface area contributed by atoms with Gasteiger partial charge in [-0.25, -0.2) is 10.7 Å². The Hall–Kier alpha value is -1.59. The Morgan fingerprint density at radius 1 is 1.39 bits per heavy atom. The van der Waals surface area contributed by atoms with Gasteiger partial charge in [-0.3, -0.25) is 10.2 Å². The molecule has 5 heteroatoms. The molecule has 1 aromatic carbocycles. The number of nitrogens with two attached hydrogens (primary N) is 1. The van der Waals surface area contributed by atoms with E-state index in [4.69, 9.17) is 15.5 Å². The van der Waals surface area contributed by atoms with Gasteiger partial charge in [0.25, 0.3) is 0 Å². The topological polar surface area (TPSA) is 73.6 Å². The average molecular weight is 252 g/mol. The van der Waals surface area contributed by atoms with Gasteiger partial charge in [-0.1, -0.05) is 12.1 Å². The number of rotatable bonds is 3. The lowest BCUT2D eigenvalue weighted by Gasteiger charge is -2.20. The highest BCUT2D eigenvalue weighted by Crippen LogP contribution is 2.19. The van der Waals surface area contributed by atoms with E-state index in [1.807, 2.05) is 39.8 Å². The number of hydrogen-bond acceptors (Lipinski definition) is 4. The molecule has 0 saturated carbocycles. The molecular weight excluding hydrogens is 232 g/mol. The van der Waals surface area contributed by atoms with Gasteiger partial charge in [-0.2, -0.15) is 0 Å². The van der Waals surface area contributed by atoms with Crippen LogP contribution in [0.3, 0.4) is 0 Å². The number of nitrogens with one attached hydrogen (secondary N) is 1. The molecule has 0 aromatic heterocycles. The molecule has 0 aliphatic carbocycles. The van der Waals surface area contributed by atoms with Crippen molar-refractivity contribution in [2.75, 3.05) is 5.32 Å². The quantitative estimate of drug-likeness (QED) is 0.811. The van der Waals surface area contributed by atoms with Crippen molar-refractivity contribution in [3.63, 3.8) is 0 Å². The predicted octanol–water partition coefficient (Wildman–Crippen LogP) is 2.98. The number of anilines is 1. The molecule has 0 saturated heterocycles. The van der Waals surface area contributed by atoms with Crippen LogP contribution in [0, 0.1) is 0 Å². The maximum atomic E-state index is 11.6. The van der Waals surface area contributed by atoms with E-state index in [1.54, 1.807) is 12.1 Å². The zero-order valence-electron chi connectivity index (χ0n) is 11.2. The number of benzene rings is 1. The molecule has 100 valence electrons. The van der Waals surface area contributed by atoms with E-state index < -0.39 is 11.7 Å². The number of amides is 1. The molecule has 1 amide bonds. The highest BCUT2D eigenvalue weighted by Gasteiger charge is 2.16. The fourth-order valence-electron chi connectivity index (χ4n) is 1.37. The molecule has 1 unspecified atom stereocenters. The summed E-state index contributed by atoms with van der Waals surface area (Å²) in [5.41, 5.74) is 1.01. The zero-order chi connectivity index (χ0) is 13.8. The van der Waals surface area contributed by atoms with Gasteiger partial charge in [0, 0.05) is 5.69 Å². The first-order valence-corrected chi connectivity index (χ1v) is 5.77. The minimum Gasteiger partial charge on any atom is -0.444 e. The Labute approximate surface area is 107 Å². The molecular formula is C13H20N2O3. The van der Waals surface area contributed by atoms with Crippen LogP contribution in [0.4, 0.5) is 10.5 Å². The minimum absolute atomic E-state index is 0.231. The SMILES string of the molecule is CC(ON)c1cccc(NC(=O)OC(C)(C)C)c1. The molecule has 1 atom stereocenters. The Morgan fingerprint density at radius 3 is 2.61 bits per heavy atom. The van der Waals surface area contributed by atoms with Crippen molar-refractivity contribution in [2.24, 2.45) is 5.90 Å². The summed E-state index contributed by atoms with van der Waals surface area (Å²) in [4.78, 5) is 16.3. The van der Waals surface area contributed by atoms with E-state index in [9.17, 15) is 4.79 Å². The average Bonchev–Trinajstić information content (AvgIpc) is 2.25. The molecule has 18 heavy (non-hydrogen) atoms. The third-order valence-corrected chi connectivity index (χ3v) is 2.21. The van der Waals surface area contributed by atoms with Crippen molar-refractivity contribution in [2.45, 2.75) is 39.4 Å². The van der Waals surface area contributed by atoms with Crippen LogP contribution >= 0.6 is 0 Å². The highest BCUT2D eigenvalue weighted by atomic mass is 16.6. The molecule has 0 aliphatic heterocycles. The smallest absolute Gasteiger partial charge is 0.412 e. The van der Waals surface area contributed by atoms with E-state index in [1.165, 1.54) is 0 Å². The standard InChI is InChI=1S/C13H20N2O3/c1-9(18-14)10-6-5-7-11(8-10)15-12(16)17-13(2,3)4/h5-9H,14H2,1-4H3,(H,15,16). The maximum absolute atomic E-state index is 11.6. The highest BCUT2D eigenvalue weighted by molar-refractivity contribution is 5.84. The van der Waals surface area contributed by atoms with Gasteiger partial charge in [-0.15, -0.1) is 0 Å². The van der Waals surface area contributed by atoms with Crippen LogP contribution in [0.1, 0.15) is 39.4 Å². The summed E-state index contributed by atoms with van der Waals surface area (Å²) in [5.74, 6) is 5.13. The second-order valence-electron chi connectivity index (χ2n) is 5.03. The van der Waals surface area contributed by atoms with Crippen LogP contribution in [-0.2, 0) is 9.57 Å². The Balaban J connectivity index is 2.71. The Bertz CT molecular complexity index is 413. The lowest BCUT2D eigenvalue weighted by molar-refractivity contribution is 0.0633. The van der Waals surface area contributed by atoms with E-state index in [0.29, 0.717) is 5.69 Å². The number of carbonyl (C=O) groups is 1. The lowest BCUT2D eigenvalue weighted by atomic mass is 10.1. The first kappa shape index (κ1) is 14.5. The summed E-state index contributed by atoms with van der Waals surface area (Å²) in [5, 5.41) is 2.66. The van der Waals surface area contributed by atoms with Crippen molar-refractivity contribution in [1.29, 1.82) is 0 Å². The van der Waals surface area contributed by atoms with Crippen LogP contribution in [-0.4, -0.2) is 11.7 Å². The first-order valence-electron chi connectivity index (χ1n) is 5.77. The van der Waals surface area contributed by atoms with Crippen LogP contribution in [0.2, 0.25) is 0 Å². The van der Waals surface area contributed by atoms with Crippen molar-refractivity contribution >= 4 is 11.8 Å². The van der Waals surface area contributed by atoms with Gasteiger partial charge in [0.1, 0.15) is 11.7 Å². The summed E-state index contributed by atoms with van der Waals surface area (Å²) in [6, 6.07) is 7.26. The minimum atomic E-state index is -0.518. The van der Waals surface area contributed by atoms with E-state index in [0.717, 1.165) is 5.56 Å². The van der Waals surface area contributed by atoms with Gasteiger partial charge in [-0.05, 0) is 45.4 Å². The van der Waals surface area contributed by atoms with Crippen LogP contribution < -0.4 is 11.2 Å². The maximum Gasteiger partial charge on any atom is 0.412 e. The fraction of sp³-hybridized carbons (Fsp3) is 0.462. The van der Waals surface area contributed by atoms with Crippen molar-refractivity contribution in [3.8, 4) is 0 Å². The molecule has 0 radical (unpaired) electrons. The molecule has 1 rings (SSSR count).